The van der Waals surface area contributed by atoms with Crippen molar-refractivity contribution in [3.05, 3.63) is 218 Å². The van der Waals surface area contributed by atoms with Gasteiger partial charge in [-0.05, 0) is 94.4 Å². The fourth-order valence-corrected chi connectivity index (χ4v) is 10.9. The maximum absolute atomic E-state index is 6.29. The van der Waals surface area contributed by atoms with Crippen LogP contribution in [0.15, 0.2) is 223 Å². The van der Waals surface area contributed by atoms with Crippen LogP contribution in [-0.2, 0) is 0 Å². The summed E-state index contributed by atoms with van der Waals surface area (Å²) in [6.45, 7) is 0. The van der Waals surface area contributed by atoms with Crippen LogP contribution in [0.1, 0.15) is 0 Å². The van der Waals surface area contributed by atoms with Crippen LogP contribution in [0.5, 0.6) is 0 Å². The Bertz CT molecular complexity index is 3860. The van der Waals surface area contributed by atoms with Gasteiger partial charge in [0, 0.05) is 69.9 Å². The number of aromatic nitrogens is 1. The largest absolute Gasteiger partial charge is 0.456 e. The Kier molecular flexibility index (Phi) is 7.78. The zero-order chi connectivity index (χ0) is 40.7. The SMILES string of the molecule is c1ccc(-c2cccc3c2sc2cc(N(c4ccc(-c5ccc6c7ccc8ccccc8c7n(-c7ccccc7)c6c5)cc4)c4ccc5oc6ccccc6c5c4)ccc23)cc1. The molecule has 0 amide bonds. The van der Waals surface area contributed by atoms with Gasteiger partial charge < -0.3 is 13.9 Å². The third kappa shape index (κ3) is 5.44. The molecule has 10 aromatic carbocycles. The Morgan fingerprint density at radius 1 is 0.387 bits per heavy atom. The molecule has 3 heterocycles. The van der Waals surface area contributed by atoms with Gasteiger partial charge in [0.2, 0.25) is 0 Å². The number of rotatable bonds is 6. The lowest BCUT2D eigenvalue weighted by Gasteiger charge is -2.26. The van der Waals surface area contributed by atoms with Gasteiger partial charge in [0.1, 0.15) is 11.2 Å². The highest BCUT2D eigenvalue weighted by Crippen LogP contribution is 2.45. The summed E-state index contributed by atoms with van der Waals surface area (Å²) in [5.74, 6) is 0. The van der Waals surface area contributed by atoms with Gasteiger partial charge in [-0.15, -0.1) is 11.3 Å². The van der Waals surface area contributed by atoms with E-state index in [1.807, 2.05) is 23.5 Å². The lowest BCUT2D eigenvalue weighted by Crippen LogP contribution is -2.09. The summed E-state index contributed by atoms with van der Waals surface area (Å²) in [5.41, 5.74) is 13.5. The molecule has 0 N–H and O–H groups in total. The first-order valence-corrected chi connectivity index (χ1v) is 21.9. The van der Waals surface area contributed by atoms with E-state index in [1.165, 1.54) is 69.4 Å². The Balaban J connectivity index is 0.966. The summed E-state index contributed by atoms with van der Waals surface area (Å²) in [6.07, 6.45) is 0. The summed E-state index contributed by atoms with van der Waals surface area (Å²) < 4.78 is 11.3. The highest BCUT2D eigenvalue weighted by Gasteiger charge is 2.20. The van der Waals surface area contributed by atoms with Crippen molar-refractivity contribution in [1.82, 2.24) is 4.57 Å². The fraction of sp³-hybridized carbons (Fsp3) is 0. The minimum atomic E-state index is 0.884. The van der Waals surface area contributed by atoms with Crippen molar-refractivity contribution in [3.8, 4) is 27.9 Å². The van der Waals surface area contributed by atoms with E-state index in [0.717, 1.165) is 50.3 Å². The van der Waals surface area contributed by atoms with Crippen LogP contribution in [-0.4, -0.2) is 4.57 Å². The highest BCUT2D eigenvalue weighted by atomic mass is 32.1. The van der Waals surface area contributed by atoms with Crippen molar-refractivity contribution in [1.29, 1.82) is 0 Å². The topological polar surface area (TPSA) is 21.3 Å². The molecule has 13 aromatic rings. The number of thiophene rings is 1. The van der Waals surface area contributed by atoms with Gasteiger partial charge in [-0.2, -0.15) is 0 Å². The molecular formula is C58H36N2OS. The minimum absolute atomic E-state index is 0.884. The molecule has 0 aliphatic heterocycles. The van der Waals surface area contributed by atoms with Gasteiger partial charge in [-0.3, -0.25) is 0 Å². The molecule has 3 nitrogen and oxygen atoms in total. The van der Waals surface area contributed by atoms with Crippen LogP contribution in [0.4, 0.5) is 17.1 Å². The first-order chi connectivity index (χ1) is 30.7. The maximum Gasteiger partial charge on any atom is 0.135 e. The normalized spacial score (nSPS) is 11.9. The molecule has 0 unspecified atom stereocenters. The summed E-state index contributed by atoms with van der Waals surface area (Å²) in [6, 6.07) is 79.2. The molecular weight excluding hydrogens is 773 g/mol. The number of hydrogen-bond donors (Lipinski definition) is 0. The summed E-state index contributed by atoms with van der Waals surface area (Å²) in [4.78, 5) is 2.38. The molecule has 0 fully saturated rings. The number of anilines is 3. The van der Waals surface area contributed by atoms with Gasteiger partial charge in [0.05, 0.1) is 11.0 Å². The standard InChI is InChI=1S/C58H36N2OS/c1-3-12-38(13-4-1)46-19-11-20-51-49-32-28-44(36-56(49)62-58(46)51)59(43-29-33-55-52(35-43)48-18-9-10-21-54(48)61-55)42-26-22-37(23-27-42)40-25-30-47-50-31-24-39-14-7-8-17-45(39)57(50)60(53(47)34-40)41-15-5-2-6-16-41/h1-36H. The van der Waals surface area contributed by atoms with Gasteiger partial charge >= 0.3 is 0 Å². The Labute approximate surface area is 361 Å². The predicted octanol–water partition coefficient (Wildman–Crippen LogP) is 17.0. The van der Waals surface area contributed by atoms with Crippen LogP contribution in [0.25, 0.3) is 103 Å². The highest BCUT2D eigenvalue weighted by molar-refractivity contribution is 7.26. The second-order valence-electron chi connectivity index (χ2n) is 16.1. The third-order valence-electron chi connectivity index (χ3n) is 12.6. The number of nitrogens with zero attached hydrogens (tertiary/aromatic N) is 2. The molecule has 0 spiro atoms. The van der Waals surface area contributed by atoms with Crippen LogP contribution in [0.2, 0.25) is 0 Å². The molecule has 4 heteroatoms. The van der Waals surface area contributed by atoms with Crippen molar-refractivity contribution < 1.29 is 4.42 Å². The summed E-state index contributed by atoms with van der Waals surface area (Å²) in [5, 5.41) is 9.78. The van der Waals surface area contributed by atoms with Crippen molar-refractivity contribution >= 4 is 103 Å². The lowest BCUT2D eigenvalue weighted by molar-refractivity contribution is 0.669. The number of fused-ring (bicyclic) bond motifs is 11. The van der Waals surface area contributed by atoms with Gasteiger partial charge in [0.15, 0.2) is 0 Å². The first kappa shape index (κ1) is 34.9. The average molecular weight is 809 g/mol. The van der Waals surface area contributed by atoms with E-state index in [1.54, 1.807) is 0 Å². The van der Waals surface area contributed by atoms with Gasteiger partial charge in [-0.1, -0.05) is 152 Å². The number of hydrogen-bond acceptors (Lipinski definition) is 3. The summed E-state index contributed by atoms with van der Waals surface area (Å²) >= 11 is 1.87. The Morgan fingerprint density at radius 2 is 1.05 bits per heavy atom. The molecule has 13 rings (SSSR count). The zero-order valence-electron chi connectivity index (χ0n) is 33.5. The minimum Gasteiger partial charge on any atom is -0.456 e. The summed E-state index contributed by atoms with van der Waals surface area (Å²) in [7, 11) is 0. The first-order valence-electron chi connectivity index (χ1n) is 21.1. The van der Waals surface area contributed by atoms with E-state index in [0.29, 0.717) is 0 Å². The van der Waals surface area contributed by atoms with Gasteiger partial charge in [0.25, 0.3) is 0 Å². The molecule has 0 bridgehead atoms. The van der Waals surface area contributed by atoms with Crippen molar-refractivity contribution in [3.63, 3.8) is 0 Å². The van der Waals surface area contributed by atoms with Crippen LogP contribution in [0, 0.1) is 0 Å². The van der Waals surface area contributed by atoms with E-state index in [9.17, 15) is 0 Å². The monoisotopic (exact) mass is 808 g/mol. The molecule has 0 saturated carbocycles. The molecule has 0 radical (unpaired) electrons. The Morgan fingerprint density at radius 3 is 1.92 bits per heavy atom. The van der Waals surface area contributed by atoms with Crippen LogP contribution in [0.3, 0.4) is 0 Å². The van der Waals surface area contributed by atoms with Crippen molar-refractivity contribution in [2.75, 3.05) is 4.90 Å². The smallest absolute Gasteiger partial charge is 0.135 e. The number of para-hydroxylation sites is 2. The third-order valence-corrected chi connectivity index (χ3v) is 13.8. The average Bonchev–Trinajstić information content (AvgIpc) is 4.01. The number of benzene rings is 10. The molecule has 0 atom stereocenters. The quantitative estimate of drug-likeness (QED) is 0.167. The van der Waals surface area contributed by atoms with E-state index in [-0.39, 0.29) is 0 Å². The molecule has 0 aliphatic carbocycles. The molecule has 62 heavy (non-hydrogen) atoms. The maximum atomic E-state index is 6.29. The van der Waals surface area contributed by atoms with Crippen LogP contribution >= 0.6 is 11.3 Å². The van der Waals surface area contributed by atoms with Gasteiger partial charge in [-0.25, -0.2) is 0 Å². The van der Waals surface area contributed by atoms with Crippen molar-refractivity contribution in [2.24, 2.45) is 0 Å². The van der Waals surface area contributed by atoms with Crippen molar-refractivity contribution in [2.45, 2.75) is 0 Å². The zero-order valence-corrected chi connectivity index (χ0v) is 34.3. The molecule has 3 aromatic heterocycles. The fourth-order valence-electron chi connectivity index (χ4n) is 9.68. The number of furan rings is 1. The molecule has 0 saturated heterocycles. The van der Waals surface area contributed by atoms with Crippen LogP contribution < -0.4 is 4.90 Å². The second-order valence-corrected chi connectivity index (χ2v) is 17.1. The Hall–Kier alpha value is -7.92. The second kappa shape index (κ2) is 13.8. The molecule has 290 valence electrons. The van der Waals surface area contributed by atoms with E-state index in [4.69, 9.17) is 4.42 Å². The van der Waals surface area contributed by atoms with E-state index >= 15 is 0 Å². The molecule has 0 aliphatic rings. The lowest BCUT2D eigenvalue weighted by atomic mass is 10.0. The van der Waals surface area contributed by atoms with E-state index < -0.39 is 0 Å². The predicted molar refractivity (Wildman–Crippen MR) is 264 cm³/mol. The van der Waals surface area contributed by atoms with E-state index in [2.05, 4.69) is 216 Å².